The zero-order valence-electron chi connectivity index (χ0n) is 7.01. The first-order valence-electron chi connectivity index (χ1n) is 3.80. The molecule has 0 aliphatic heterocycles. The summed E-state index contributed by atoms with van der Waals surface area (Å²) in [6, 6.07) is 5.28. The van der Waals surface area contributed by atoms with E-state index < -0.39 is 5.97 Å². The van der Waals surface area contributed by atoms with E-state index in [4.69, 9.17) is 0 Å². The Morgan fingerprint density at radius 3 is 2.85 bits per heavy atom. The molecule has 0 aliphatic rings. The van der Waals surface area contributed by atoms with Crippen LogP contribution < -0.4 is 0 Å². The van der Waals surface area contributed by atoms with Crippen molar-refractivity contribution in [1.29, 1.82) is 0 Å². The van der Waals surface area contributed by atoms with E-state index in [0.29, 0.717) is 12.0 Å². The van der Waals surface area contributed by atoms with E-state index in [9.17, 15) is 9.32 Å². The summed E-state index contributed by atoms with van der Waals surface area (Å²) in [7, 11) is 0. The van der Waals surface area contributed by atoms with Gasteiger partial charge in [-0.2, -0.15) is 0 Å². The van der Waals surface area contributed by atoms with Crippen molar-refractivity contribution in [1.82, 2.24) is 0 Å². The molecule has 1 rings (SSSR count). The van der Waals surface area contributed by atoms with Gasteiger partial charge in [0.1, 0.15) is 0 Å². The molecule has 0 aromatic heterocycles. The predicted octanol–water partition coefficient (Wildman–Crippen LogP) is 2.89. The fourth-order valence-corrected chi connectivity index (χ4v) is 1.58. The smallest absolute Gasteiger partial charge is 0.249 e. The van der Waals surface area contributed by atoms with E-state index in [2.05, 4.69) is 27.5 Å². The zero-order chi connectivity index (χ0) is 9.84. The van der Waals surface area contributed by atoms with Gasteiger partial charge in [-0.15, -0.1) is 0 Å². The average molecular weight is 294 g/mol. The number of halogens is 2. The third kappa shape index (κ3) is 2.40. The van der Waals surface area contributed by atoms with Gasteiger partial charge in [0.05, 0.1) is 5.56 Å². The maximum atomic E-state index is 11.7. The summed E-state index contributed by atoms with van der Waals surface area (Å²) in [5.41, 5.74) is 1.10. The van der Waals surface area contributed by atoms with Crippen molar-refractivity contribution in [2.24, 2.45) is 0 Å². The fraction of sp³-hybridized carbons (Fsp3) is 0.222. The van der Waals surface area contributed by atoms with E-state index in [1.165, 1.54) is 0 Å². The van der Waals surface area contributed by atoms with Crippen LogP contribution in [0, 0.1) is 3.57 Å². The van der Waals surface area contributed by atoms with E-state index in [-0.39, 0.29) is 0 Å². The van der Waals surface area contributed by atoms with Crippen molar-refractivity contribution in [3.63, 3.8) is 0 Å². The van der Waals surface area contributed by atoms with Gasteiger partial charge in [-0.1, -0.05) is 13.0 Å². The average Bonchev–Trinajstić information content (AvgIpc) is 2.16. The van der Waals surface area contributed by atoms with Gasteiger partial charge in [0.2, 0.25) is 0 Å². The van der Waals surface area contributed by atoms with Crippen molar-refractivity contribution in [3.05, 3.63) is 32.9 Å². The summed E-state index contributed by atoms with van der Waals surface area (Å²) >= 11 is 2.06. The van der Waals surface area contributed by atoms with Crippen LogP contribution in [0.1, 0.15) is 22.8 Å². The van der Waals surface area contributed by atoms with Crippen molar-refractivity contribution in [2.75, 3.05) is 0 Å². The van der Waals surface area contributed by atoms with Crippen LogP contribution in [0.25, 0.3) is 0 Å². The van der Waals surface area contributed by atoms with Crippen molar-refractivity contribution < 1.29 is 14.3 Å². The molecule has 13 heavy (non-hydrogen) atoms. The van der Waals surface area contributed by atoms with Crippen LogP contribution in [-0.2, 0) is 11.4 Å². The summed E-state index contributed by atoms with van der Waals surface area (Å²) in [6.45, 7) is 1.90. The van der Waals surface area contributed by atoms with Crippen LogP contribution in [0.2, 0.25) is 0 Å². The molecule has 0 unspecified atom stereocenters. The monoisotopic (exact) mass is 294 g/mol. The molecule has 0 fully saturated rings. The molecule has 1 aromatic rings. The first kappa shape index (κ1) is 10.4. The Kier molecular flexibility index (Phi) is 3.65. The van der Waals surface area contributed by atoms with Crippen molar-refractivity contribution in [2.45, 2.75) is 13.3 Å². The number of carbonyl (C=O) groups is 1. The van der Waals surface area contributed by atoms with Gasteiger partial charge in [0, 0.05) is 8.10 Å². The first-order chi connectivity index (χ1) is 6.19. The van der Waals surface area contributed by atoms with Gasteiger partial charge >= 0.3 is 5.97 Å². The lowest BCUT2D eigenvalue weighted by molar-refractivity contribution is -0.0788. The molecule has 0 amide bonds. The molecule has 2 nitrogen and oxygen atoms in total. The summed E-state index contributed by atoms with van der Waals surface area (Å²) in [5, 5.41) is 0. The normalized spacial score (nSPS) is 9.77. The minimum Gasteiger partial charge on any atom is -0.249 e. The molecule has 4 heteroatoms. The summed E-state index contributed by atoms with van der Waals surface area (Å²) in [4.78, 5) is 14.1. The Hall–Kier alpha value is -0.650. The van der Waals surface area contributed by atoms with Crippen LogP contribution in [-0.4, -0.2) is 5.97 Å². The lowest BCUT2D eigenvalue weighted by Crippen LogP contribution is -2.03. The molecule has 0 atom stereocenters. The molecule has 0 saturated heterocycles. The highest BCUT2D eigenvalue weighted by Gasteiger charge is 2.12. The number of hydrogen-bond donors (Lipinski definition) is 0. The van der Waals surface area contributed by atoms with E-state index >= 15 is 0 Å². The van der Waals surface area contributed by atoms with Gasteiger partial charge in [-0.3, -0.25) is 0 Å². The minimum absolute atomic E-state index is 0.303. The van der Waals surface area contributed by atoms with Crippen molar-refractivity contribution in [3.8, 4) is 0 Å². The Balaban J connectivity index is 3.15. The Morgan fingerprint density at radius 2 is 2.31 bits per heavy atom. The Labute approximate surface area is 89.1 Å². The largest absolute Gasteiger partial charge is 0.379 e. The second kappa shape index (κ2) is 4.55. The van der Waals surface area contributed by atoms with E-state index in [1.54, 1.807) is 12.1 Å². The van der Waals surface area contributed by atoms with E-state index in [1.807, 2.05) is 13.0 Å². The molecule has 0 radical (unpaired) electrons. The molecule has 0 heterocycles. The van der Waals surface area contributed by atoms with Crippen LogP contribution in [0.15, 0.2) is 18.2 Å². The molecule has 0 spiro atoms. The maximum Gasteiger partial charge on any atom is 0.379 e. The minimum atomic E-state index is -0.921. The summed E-state index contributed by atoms with van der Waals surface area (Å²) in [6.07, 6.45) is 0.682. The quantitative estimate of drug-likeness (QED) is 0.784. The second-order valence-electron chi connectivity index (χ2n) is 2.52. The highest BCUT2D eigenvalue weighted by molar-refractivity contribution is 14.1. The second-order valence-corrected chi connectivity index (χ2v) is 3.77. The van der Waals surface area contributed by atoms with Crippen LogP contribution >= 0.6 is 22.6 Å². The number of rotatable bonds is 2. The van der Waals surface area contributed by atoms with Gasteiger partial charge in [-0.25, -0.2) is 9.74 Å². The predicted molar refractivity (Wildman–Crippen MR) is 55.1 cm³/mol. The standard InChI is InChI=1S/C9H8FIO2/c1-2-6-3-4-7(11)5-8(6)9(12)13-10/h3-5H,2H2,1H3. The summed E-state index contributed by atoms with van der Waals surface area (Å²) < 4.78 is 12.6. The first-order valence-corrected chi connectivity index (χ1v) is 4.88. The molecule has 0 bridgehead atoms. The maximum absolute atomic E-state index is 11.7. The van der Waals surface area contributed by atoms with Gasteiger partial charge < -0.3 is 0 Å². The van der Waals surface area contributed by atoms with E-state index in [0.717, 1.165) is 9.13 Å². The van der Waals surface area contributed by atoms with Crippen LogP contribution in [0.3, 0.4) is 0 Å². The fourth-order valence-electron chi connectivity index (χ4n) is 1.09. The number of hydrogen-bond acceptors (Lipinski definition) is 2. The molecule has 0 aliphatic carbocycles. The number of carbonyl (C=O) groups excluding carboxylic acids is 1. The van der Waals surface area contributed by atoms with Crippen LogP contribution in [0.4, 0.5) is 4.53 Å². The van der Waals surface area contributed by atoms with Gasteiger partial charge in [-0.05, 0) is 46.7 Å². The topological polar surface area (TPSA) is 26.3 Å². The molecule has 1 aromatic carbocycles. The molecule has 0 saturated carbocycles. The number of benzene rings is 1. The Morgan fingerprint density at radius 1 is 1.62 bits per heavy atom. The molecule has 70 valence electrons. The lowest BCUT2D eigenvalue weighted by atomic mass is 10.1. The highest BCUT2D eigenvalue weighted by Crippen LogP contribution is 2.15. The van der Waals surface area contributed by atoms with Crippen molar-refractivity contribution >= 4 is 28.6 Å². The molecule has 0 N–H and O–H groups in total. The van der Waals surface area contributed by atoms with Crippen LogP contribution in [0.5, 0.6) is 0 Å². The third-order valence-electron chi connectivity index (χ3n) is 1.74. The number of aryl methyl sites for hydroxylation is 1. The van der Waals surface area contributed by atoms with Gasteiger partial charge in [0.15, 0.2) is 0 Å². The molecular formula is C9H8FIO2. The SMILES string of the molecule is CCc1ccc(I)cc1C(=O)OF. The van der Waals surface area contributed by atoms with Gasteiger partial charge in [0.25, 0.3) is 0 Å². The Bertz CT molecular complexity index is 325. The highest BCUT2D eigenvalue weighted by atomic mass is 127. The zero-order valence-corrected chi connectivity index (χ0v) is 9.17. The third-order valence-corrected chi connectivity index (χ3v) is 2.41. The lowest BCUT2D eigenvalue weighted by Gasteiger charge is -2.03. The molecular weight excluding hydrogens is 286 g/mol. The summed E-state index contributed by atoms with van der Waals surface area (Å²) in [5.74, 6) is -0.921.